The number of benzene rings is 2. The molecule has 0 heterocycles. The first kappa shape index (κ1) is 12.5. The van der Waals surface area contributed by atoms with Gasteiger partial charge in [0.1, 0.15) is 0 Å². The molecule has 0 saturated carbocycles. The van der Waals surface area contributed by atoms with Gasteiger partial charge in [0, 0.05) is 22.1 Å². The molecule has 0 aliphatic heterocycles. The van der Waals surface area contributed by atoms with Gasteiger partial charge in [0.2, 0.25) is 0 Å². The van der Waals surface area contributed by atoms with Crippen LogP contribution in [0.15, 0.2) is 48.5 Å². The molecule has 20 heavy (non-hydrogen) atoms. The second kappa shape index (κ2) is 3.69. The van der Waals surface area contributed by atoms with Crippen molar-refractivity contribution in [2.24, 2.45) is 5.73 Å². The van der Waals surface area contributed by atoms with Gasteiger partial charge in [-0.3, -0.25) is 0 Å². The van der Waals surface area contributed by atoms with E-state index in [-0.39, 0.29) is 22.1 Å². The van der Waals surface area contributed by atoms with Gasteiger partial charge in [-0.05, 0) is 29.2 Å². The number of fused-ring (bicyclic) bond motifs is 1. The largest absolute Gasteiger partial charge is 0.326 e. The standard InChI is InChI=1S/C18H19NS/c1-17-11-7-3-5-9-13(11)18(2,16(20)15(17)19)14-10-6-4-8-12(14)17/h3-10,15-16,20H,19H2,1-2H3/t15-,16+,17?,18?/m1/s1. The fourth-order valence-electron chi connectivity index (χ4n) is 4.42. The Morgan fingerprint density at radius 3 is 1.55 bits per heavy atom. The SMILES string of the molecule is CC12c3ccccc3C(C)(c3ccccc31)[C@@H](S)[C@H]2N. The molecule has 0 amide bonds. The molecule has 0 aromatic heterocycles. The summed E-state index contributed by atoms with van der Waals surface area (Å²) in [7, 11) is 0. The third-order valence-electron chi connectivity index (χ3n) is 5.69. The van der Waals surface area contributed by atoms with Crippen molar-refractivity contribution in [1.82, 2.24) is 0 Å². The second-order valence-corrected chi connectivity index (χ2v) is 7.02. The number of hydrogen-bond donors (Lipinski definition) is 2. The summed E-state index contributed by atoms with van der Waals surface area (Å²) in [6.07, 6.45) is 0. The van der Waals surface area contributed by atoms with Gasteiger partial charge in [0.15, 0.2) is 0 Å². The van der Waals surface area contributed by atoms with E-state index in [1.165, 1.54) is 22.3 Å². The van der Waals surface area contributed by atoms with E-state index >= 15 is 0 Å². The normalized spacial score (nSPS) is 37.4. The van der Waals surface area contributed by atoms with Crippen molar-refractivity contribution in [1.29, 1.82) is 0 Å². The molecule has 5 rings (SSSR count). The topological polar surface area (TPSA) is 26.0 Å². The van der Waals surface area contributed by atoms with Gasteiger partial charge >= 0.3 is 0 Å². The summed E-state index contributed by atoms with van der Waals surface area (Å²) in [4.78, 5) is 0. The number of hydrogen-bond acceptors (Lipinski definition) is 2. The molecule has 2 atom stereocenters. The summed E-state index contributed by atoms with van der Waals surface area (Å²) in [6.45, 7) is 4.57. The molecule has 3 aliphatic rings. The molecule has 0 fully saturated rings. The molecular formula is C18H19NS. The van der Waals surface area contributed by atoms with Gasteiger partial charge in [0.05, 0.1) is 0 Å². The minimum atomic E-state index is -0.142. The Morgan fingerprint density at radius 1 is 0.800 bits per heavy atom. The second-order valence-electron chi connectivity index (χ2n) is 6.47. The zero-order valence-electron chi connectivity index (χ0n) is 11.8. The Labute approximate surface area is 125 Å². The maximum absolute atomic E-state index is 6.64. The Kier molecular flexibility index (Phi) is 2.30. The molecule has 2 N–H and O–H groups in total. The lowest BCUT2D eigenvalue weighted by Gasteiger charge is -2.59. The van der Waals surface area contributed by atoms with Crippen LogP contribution in [0.1, 0.15) is 36.1 Å². The lowest BCUT2D eigenvalue weighted by atomic mass is 9.48. The van der Waals surface area contributed by atoms with E-state index in [9.17, 15) is 0 Å². The van der Waals surface area contributed by atoms with Gasteiger partial charge in [-0.25, -0.2) is 0 Å². The van der Waals surface area contributed by atoms with Crippen molar-refractivity contribution in [2.45, 2.75) is 36.0 Å². The molecule has 2 aromatic carbocycles. The van der Waals surface area contributed by atoms with E-state index in [1.54, 1.807) is 0 Å². The summed E-state index contributed by atoms with van der Waals surface area (Å²) in [5.74, 6) is 0. The zero-order valence-corrected chi connectivity index (χ0v) is 12.7. The van der Waals surface area contributed by atoms with E-state index in [1.807, 2.05) is 0 Å². The van der Waals surface area contributed by atoms with Crippen LogP contribution in [0.2, 0.25) is 0 Å². The fraction of sp³-hybridized carbons (Fsp3) is 0.333. The Hall–Kier alpha value is -1.25. The Balaban J connectivity index is 2.20. The van der Waals surface area contributed by atoms with Crippen LogP contribution in [0.5, 0.6) is 0 Å². The van der Waals surface area contributed by atoms with Crippen molar-refractivity contribution in [2.75, 3.05) is 0 Å². The quantitative estimate of drug-likeness (QED) is 0.712. The van der Waals surface area contributed by atoms with Crippen LogP contribution in [0.4, 0.5) is 0 Å². The number of nitrogens with two attached hydrogens (primary N) is 1. The van der Waals surface area contributed by atoms with E-state index in [2.05, 4.69) is 62.4 Å². The molecule has 0 radical (unpaired) electrons. The van der Waals surface area contributed by atoms with Gasteiger partial charge in [-0.2, -0.15) is 12.6 Å². The van der Waals surface area contributed by atoms with Crippen LogP contribution in [0.3, 0.4) is 0 Å². The van der Waals surface area contributed by atoms with Gasteiger partial charge < -0.3 is 5.73 Å². The first-order chi connectivity index (χ1) is 9.52. The molecular weight excluding hydrogens is 262 g/mol. The highest BCUT2D eigenvalue weighted by Gasteiger charge is 2.59. The predicted molar refractivity (Wildman–Crippen MR) is 86.5 cm³/mol. The molecule has 2 heteroatoms. The third kappa shape index (κ3) is 1.13. The van der Waals surface area contributed by atoms with Crippen molar-refractivity contribution >= 4 is 12.6 Å². The molecule has 0 saturated heterocycles. The smallest absolute Gasteiger partial charge is 0.0342 e. The first-order valence-corrected chi connectivity index (χ1v) is 7.67. The van der Waals surface area contributed by atoms with Crippen LogP contribution < -0.4 is 5.73 Å². The lowest BCUT2D eigenvalue weighted by molar-refractivity contribution is 0.293. The van der Waals surface area contributed by atoms with E-state index in [0.717, 1.165) is 0 Å². The fourth-order valence-corrected chi connectivity index (χ4v) is 5.00. The number of rotatable bonds is 0. The Morgan fingerprint density at radius 2 is 1.15 bits per heavy atom. The van der Waals surface area contributed by atoms with Crippen LogP contribution in [0, 0.1) is 0 Å². The summed E-state index contributed by atoms with van der Waals surface area (Å²) in [5, 5.41) is 0.136. The van der Waals surface area contributed by atoms with Crippen molar-refractivity contribution in [3.63, 3.8) is 0 Å². The first-order valence-electron chi connectivity index (χ1n) is 7.16. The van der Waals surface area contributed by atoms with Crippen LogP contribution in [-0.2, 0) is 10.8 Å². The molecule has 2 aromatic rings. The summed E-state index contributed by atoms with van der Waals surface area (Å²) in [5.41, 5.74) is 11.9. The van der Waals surface area contributed by atoms with Crippen molar-refractivity contribution in [3.05, 3.63) is 70.8 Å². The summed E-state index contributed by atoms with van der Waals surface area (Å²) in [6, 6.07) is 17.5. The van der Waals surface area contributed by atoms with Gasteiger partial charge in [-0.15, -0.1) is 0 Å². The van der Waals surface area contributed by atoms with E-state index in [0.29, 0.717) is 0 Å². The minimum Gasteiger partial charge on any atom is -0.326 e. The molecule has 102 valence electrons. The summed E-state index contributed by atoms with van der Waals surface area (Å²) < 4.78 is 0. The van der Waals surface area contributed by atoms with E-state index in [4.69, 9.17) is 18.4 Å². The molecule has 0 unspecified atom stereocenters. The highest BCUT2D eigenvalue weighted by atomic mass is 32.1. The van der Waals surface area contributed by atoms with Gasteiger partial charge in [0.25, 0.3) is 0 Å². The van der Waals surface area contributed by atoms with Crippen LogP contribution in [0.25, 0.3) is 0 Å². The highest BCUT2D eigenvalue weighted by molar-refractivity contribution is 7.81. The lowest BCUT2D eigenvalue weighted by Crippen LogP contribution is -2.65. The zero-order chi connectivity index (χ0) is 14.1. The minimum absolute atomic E-state index is 0.0284. The molecule has 1 nitrogen and oxygen atoms in total. The van der Waals surface area contributed by atoms with Gasteiger partial charge in [-0.1, -0.05) is 55.5 Å². The maximum atomic E-state index is 6.64. The van der Waals surface area contributed by atoms with Crippen LogP contribution >= 0.6 is 12.6 Å². The maximum Gasteiger partial charge on any atom is 0.0342 e. The van der Waals surface area contributed by atoms with Crippen molar-refractivity contribution < 1.29 is 0 Å². The highest BCUT2D eigenvalue weighted by Crippen LogP contribution is 2.59. The molecule has 2 bridgehead atoms. The van der Waals surface area contributed by atoms with Crippen molar-refractivity contribution in [3.8, 4) is 0 Å². The van der Waals surface area contributed by atoms with E-state index < -0.39 is 0 Å². The molecule has 0 spiro atoms. The predicted octanol–water partition coefficient (Wildman–Crippen LogP) is 3.25. The molecule has 3 aliphatic carbocycles. The third-order valence-corrected chi connectivity index (χ3v) is 6.53. The Bertz CT molecular complexity index is 599. The average Bonchev–Trinajstić information content (AvgIpc) is 2.50. The summed E-state index contributed by atoms with van der Waals surface area (Å²) >= 11 is 4.93. The average molecular weight is 281 g/mol. The monoisotopic (exact) mass is 281 g/mol. The number of thiol groups is 1. The van der Waals surface area contributed by atoms with Crippen LogP contribution in [-0.4, -0.2) is 11.3 Å².